The van der Waals surface area contributed by atoms with Gasteiger partial charge in [0.05, 0.1) is 36.1 Å². The van der Waals surface area contributed by atoms with Crippen LogP contribution in [0.4, 0.5) is 10.1 Å². The number of carbonyl (C=O) groups excluding carboxylic acids is 1. The van der Waals surface area contributed by atoms with Crippen molar-refractivity contribution in [3.8, 4) is 16.9 Å². The van der Waals surface area contributed by atoms with E-state index >= 15 is 0 Å². The Balaban J connectivity index is 1.73. The molecule has 2 aromatic carbocycles. The van der Waals surface area contributed by atoms with Crippen molar-refractivity contribution < 1.29 is 13.9 Å². The lowest BCUT2D eigenvalue weighted by molar-refractivity contribution is 0.0831. The van der Waals surface area contributed by atoms with E-state index in [0.717, 1.165) is 5.70 Å². The molecule has 2 N–H and O–H groups in total. The van der Waals surface area contributed by atoms with Crippen LogP contribution in [-0.4, -0.2) is 22.9 Å². The zero-order valence-electron chi connectivity index (χ0n) is 15.1. The van der Waals surface area contributed by atoms with E-state index in [9.17, 15) is 9.18 Å². The first-order valence-electron chi connectivity index (χ1n) is 8.84. The Kier molecular flexibility index (Phi) is 3.49. The molecular formula is C22H16FN3O2. The topological polar surface area (TPSA) is 68.5 Å². The first kappa shape index (κ1) is 16.5. The molecule has 0 bridgehead atoms. The largest absolute Gasteiger partial charge is 0.494 e. The summed E-state index contributed by atoms with van der Waals surface area (Å²) in [5, 5.41) is 0.631. The minimum Gasteiger partial charge on any atom is -0.494 e. The molecule has 28 heavy (non-hydrogen) atoms. The number of allylic oxidation sites excluding steroid dienone is 3. The quantitative estimate of drug-likeness (QED) is 0.752. The fourth-order valence-corrected chi connectivity index (χ4v) is 3.74. The maximum Gasteiger partial charge on any atom is 0.262 e. The number of nitrogens with zero attached hydrogens (tertiary/aromatic N) is 2. The van der Waals surface area contributed by atoms with Crippen molar-refractivity contribution in [1.29, 1.82) is 0 Å². The molecule has 0 spiro atoms. The summed E-state index contributed by atoms with van der Waals surface area (Å²) in [6.45, 7) is 0.347. The Labute approximate surface area is 160 Å². The number of halogens is 1. The van der Waals surface area contributed by atoms with Gasteiger partial charge in [-0.1, -0.05) is 36.4 Å². The van der Waals surface area contributed by atoms with Crippen molar-refractivity contribution in [2.75, 3.05) is 12.8 Å². The molecule has 0 radical (unpaired) electrons. The molecule has 0 unspecified atom stereocenters. The number of nitrogen functional groups attached to an aromatic ring is 1. The van der Waals surface area contributed by atoms with Crippen LogP contribution >= 0.6 is 0 Å². The summed E-state index contributed by atoms with van der Waals surface area (Å²) in [7, 11) is 1.43. The van der Waals surface area contributed by atoms with Gasteiger partial charge in [0.25, 0.3) is 5.91 Å². The third-order valence-corrected chi connectivity index (χ3v) is 5.22. The number of aromatic nitrogens is 1. The van der Waals surface area contributed by atoms with Gasteiger partial charge in [0, 0.05) is 22.2 Å². The van der Waals surface area contributed by atoms with Crippen LogP contribution in [0.1, 0.15) is 16.1 Å². The van der Waals surface area contributed by atoms with Gasteiger partial charge in [0.2, 0.25) is 0 Å². The van der Waals surface area contributed by atoms with Gasteiger partial charge in [-0.15, -0.1) is 0 Å². The summed E-state index contributed by atoms with van der Waals surface area (Å²) in [5.74, 6) is -0.454. The number of pyridine rings is 1. The third-order valence-electron chi connectivity index (χ3n) is 5.22. The average molecular weight is 373 g/mol. The number of hydrogen-bond acceptors (Lipinski definition) is 4. The Morgan fingerprint density at radius 3 is 2.64 bits per heavy atom. The molecule has 0 saturated carbocycles. The van der Waals surface area contributed by atoms with E-state index in [0.29, 0.717) is 45.5 Å². The zero-order chi connectivity index (χ0) is 19.4. The maximum absolute atomic E-state index is 14.9. The van der Waals surface area contributed by atoms with E-state index in [4.69, 9.17) is 15.5 Å². The van der Waals surface area contributed by atoms with Crippen molar-refractivity contribution in [3.63, 3.8) is 0 Å². The molecule has 5 nitrogen and oxygen atoms in total. The molecule has 0 saturated heterocycles. The normalized spacial score (nSPS) is 14.9. The highest BCUT2D eigenvalue weighted by Gasteiger charge is 2.34. The van der Waals surface area contributed by atoms with Crippen molar-refractivity contribution in [1.82, 2.24) is 9.88 Å². The Bertz CT molecular complexity index is 1230. The Hall–Kier alpha value is -3.67. The molecule has 1 aromatic heterocycles. The molecule has 0 fully saturated rings. The molecule has 1 amide bonds. The molecule has 5 rings (SSSR count). The number of carbonyl (C=O) groups is 1. The Morgan fingerprint density at radius 1 is 1.18 bits per heavy atom. The van der Waals surface area contributed by atoms with Crippen LogP contribution < -0.4 is 10.5 Å². The Morgan fingerprint density at radius 2 is 1.93 bits per heavy atom. The average Bonchev–Trinajstić information content (AvgIpc) is 2.97. The predicted molar refractivity (Wildman–Crippen MR) is 105 cm³/mol. The zero-order valence-corrected chi connectivity index (χ0v) is 15.1. The molecule has 6 heteroatoms. The van der Waals surface area contributed by atoms with E-state index in [-0.39, 0.29) is 11.7 Å². The highest BCUT2D eigenvalue weighted by molar-refractivity contribution is 6.12. The number of nitrogens with two attached hydrogens (primary N) is 1. The molecule has 3 aromatic rings. The molecular weight excluding hydrogens is 357 g/mol. The standard InChI is InChI=1S/C22H16FN3O2/c1-28-17-10-4-7-13(19(17)23)14-8-3-9-15-20(24)18-16(25-21(14)15)11-26(22(18)27)12-5-2-6-12/h2-10H,11H2,1H3,(H2,24,25). The molecule has 1 aliphatic heterocycles. The molecule has 2 heterocycles. The number of methoxy groups -OCH3 is 1. The first-order chi connectivity index (χ1) is 13.6. The summed E-state index contributed by atoms with van der Waals surface area (Å²) in [6, 6.07) is 10.4. The SMILES string of the molecule is COc1cccc(-c2cccc3c(N)c4c(nc23)CN(C2=CC=C2)C4=O)c1F. The second-order valence-electron chi connectivity index (χ2n) is 6.71. The summed E-state index contributed by atoms with van der Waals surface area (Å²) in [5.41, 5.74) is 10.2. The van der Waals surface area contributed by atoms with Crippen LogP contribution in [0.3, 0.4) is 0 Å². The predicted octanol–water partition coefficient (Wildman–Crippen LogP) is 4.04. The van der Waals surface area contributed by atoms with E-state index in [1.54, 1.807) is 41.3 Å². The van der Waals surface area contributed by atoms with Gasteiger partial charge in [-0.3, -0.25) is 4.79 Å². The van der Waals surface area contributed by atoms with Crippen molar-refractivity contribution >= 4 is 22.5 Å². The van der Waals surface area contributed by atoms with E-state index in [1.807, 2.05) is 18.2 Å². The second kappa shape index (κ2) is 5.92. The van der Waals surface area contributed by atoms with Crippen molar-refractivity contribution in [3.05, 3.63) is 77.4 Å². The number of amides is 1. The lowest BCUT2D eigenvalue weighted by Gasteiger charge is -2.19. The van der Waals surface area contributed by atoms with Gasteiger partial charge in [-0.05, 0) is 18.2 Å². The van der Waals surface area contributed by atoms with Gasteiger partial charge < -0.3 is 15.4 Å². The number of benzene rings is 2. The third kappa shape index (κ3) is 2.18. The van der Waals surface area contributed by atoms with E-state index in [1.165, 1.54) is 7.11 Å². The number of fused-ring (bicyclic) bond motifs is 2. The summed E-state index contributed by atoms with van der Waals surface area (Å²) >= 11 is 0. The van der Waals surface area contributed by atoms with Crippen LogP contribution in [0.5, 0.6) is 5.75 Å². The fourth-order valence-electron chi connectivity index (χ4n) is 3.74. The van der Waals surface area contributed by atoms with Crippen LogP contribution in [0.2, 0.25) is 0 Å². The number of hydrogen-bond donors (Lipinski definition) is 1. The molecule has 1 aliphatic carbocycles. The first-order valence-corrected chi connectivity index (χ1v) is 8.84. The lowest BCUT2D eigenvalue weighted by atomic mass is 9.98. The summed E-state index contributed by atoms with van der Waals surface area (Å²) < 4.78 is 20.0. The van der Waals surface area contributed by atoms with Crippen LogP contribution in [0.25, 0.3) is 22.0 Å². The highest BCUT2D eigenvalue weighted by atomic mass is 19.1. The molecule has 0 atom stereocenters. The van der Waals surface area contributed by atoms with Gasteiger partial charge in [-0.2, -0.15) is 0 Å². The lowest BCUT2D eigenvalue weighted by Crippen LogP contribution is -2.24. The van der Waals surface area contributed by atoms with E-state index in [2.05, 4.69) is 0 Å². The van der Waals surface area contributed by atoms with Crippen molar-refractivity contribution in [2.45, 2.75) is 6.54 Å². The van der Waals surface area contributed by atoms with Gasteiger partial charge >= 0.3 is 0 Å². The van der Waals surface area contributed by atoms with Crippen LogP contribution in [0.15, 0.2) is 60.3 Å². The minimum atomic E-state index is -0.458. The second-order valence-corrected chi connectivity index (χ2v) is 6.71. The smallest absolute Gasteiger partial charge is 0.262 e. The van der Waals surface area contributed by atoms with Crippen molar-refractivity contribution in [2.24, 2.45) is 0 Å². The minimum absolute atomic E-state index is 0.157. The molecule has 2 aliphatic rings. The van der Waals surface area contributed by atoms with Crippen LogP contribution in [0, 0.1) is 5.82 Å². The monoisotopic (exact) mass is 373 g/mol. The fraction of sp³-hybridized carbons (Fsp3) is 0.0909. The summed E-state index contributed by atoms with van der Waals surface area (Å²) in [6.07, 6.45) is 5.62. The molecule has 138 valence electrons. The summed E-state index contributed by atoms with van der Waals surface area (Å²) in [4.78, 5) is 19.2. The number of para-hydroxylation sites is 1. The van der Waals surface area contributed by atoms with E-state index < -0.39 is 5.82 Å². The number of anilines is 1. The highest BCUT2D eigenvalue weighted by Crippen LogP contribution is 2.39. The maximum atomic E-state index is 14.9. The van der Waals surface area contributed by atoms with Gasteiger partial charge in [-0.25, -0.2) is 9.37 Å². The number of rotatable bonds is 3. The van der Waals surface area contributed by atoms with Gasteiger partial charge in [0.1, 0.15) is 0 Å². The van der Waals surface area contributed by atoms with Gasteiger partial charge in [0.15, 0.2) is 11.6 Å². The van der Waals surface area contributed by atoms with Crippen LogP contribution in [-0.2, 0) is 6.54 Å². The number of ether oxygens (including phenoxy) is 1.